The summed E-state index contributed by atoms with van der Waals surface area (Å²) in [5.74, 6) is 0.628. The third-order valence-electron chi connectivity index (χ3n) is 3.87. The molecule has 3 aromatic rings. The van der Waals surface area contributed by atoms with Crippen LogP contribution >= 0.6 is 23.2 Å². The zero-order valence-electron chi connectivity index (χ0n) is 15.3. The molecule has 0 bridgehead atoms. The lowest BCUT2D eigenvalue weighted by Crippen LogP contribution is -2.18. The molecule has 140 valence electrons. The van der Waals surface area contributed by atoms with Crippen molar-refractivity contribution in [2.24, 2.45) is 0 Å². The summed E-state index contributed by atoms with van der Waals surface area (Å²) in [4.78, 5) is 21.5. The Labute approximate surface area is 166 Å². The standard InChI is InChI=1S/C19H18Cl2N4O2/c1-10-14(16(25-27-10)15-12(20)6-5-7-13(15)21)17(26)24-11-8-22-18(23-9-11)19(2,3)4/h5-9H,1-4H3,(H,24,26). The van der Waals surface area contributed by atoms with Crippen LogP contribution in [0.25, 0.3) is 11.3 Å². The molecule has 1 N–H and O–H groups in total. The van der Waals surface area contributed by atoms with E-state index in [0.29, 0.717) is 32.9 Å². The summed E-state index contributed by atoms with van der Waals surface area (Å²) in [6, 6.07) is 5.07. The number of halogens is 2. The Morgan fingerprint density at radius 3 is 2.26 bits per heavy atom. The van der Waals surface area contributed by atoms with Gasteiger partial charge >= 0.3 is 0 Å². The molecule has 1 aromatic carbocycles. The summed E-state index contributed by atoms with van der Waals surface area (Å²) < 4.78 is 5.22. The van der Waals surface area contributed by atoms with E-state index in [1.54, 1.807) is 37.5 Å². The Bertz CT molecular complexity index is 972. The zero-order chi connectivity index (χ0) is 19.8. The molecule has 0 aliphatic heterocycles. The number of rotatable bonds is 3. The van der Waals surface area contributed by atoms with Gasteiger partial charge in [0.1, 0.15) is 22.8 Å². The number of aromatic nitrogens is 3. The first-order chi connectivity index (χ1) is 12.7. The highest BCUT2D eigenvalue weighted by Crippen LogP contribution is 2.37. The molecule has 1 amide bonds. The molecular formula is C19H18Cl2N4O2. The van der Waals surface area contributed by atoms with Crippen molar-refractivity contribution in [3.05, 3.63) is 57.8 Å². The average molecular weight is 405 g/mol. The van der Waals surface area contributed by atoms with Crippen LogP contribution in [-0.4, -0.2) is 21.0 Å². The van der Waals surface area contributed by atoms with Crippen LogP contribution in [0.2, 0.25) is 10.0 Å². The predicted molar refractivity (Wildman–Crippen MR) is 105 cm³/mol. The number of aryl methyl sites for hydroxylation is 1. The van der Waals surface area contributed by atoms with Crippen molar-refractivity contribution in [1.82, 2.24) is 15.1 Å². The first-order valence-electron chi connectivity index (χ1n) is 8.23. The van der Waals surface area contributed by atoms with Crippen LogP contribution in [-0.2, 0) is 5.41 Å². The van der Waals surface area contributed by atoms with Gasteiger partial charge in [-0.25, -0.2) is 9.97 Å². The number of benzene rings is 1. The number of carbonyl (C=O) groups excluding carboxylic acids is 1. The number of hydrogen-bond acceptors (Lipinski definition) is 5. The second-order valence-corrected chi connectivity index (χ2v) is 7.87. The number of nitrogens with one attached hydrogen (secondary N) is 1. The van der Waals surface area contributed by atoms with Crippen molar-refractivity contribution >= 4 is 34.8 Å². The molecule has 2 aromatic heterocycles. The van der Waals surface area contributed by atoms with Crippen molar-refractivity contribution in [3.63, 3.8) is 0 Å². The van der Waals surface area contributed by atoms with Gasteiger partial charge in [0.25, 0.3) is 5.91 Å². The van der Waals surface area contributed by atoms with E-state index >= 15 is 0 Å². The summed E-state index contributed by atoms with van der Waals surface area (Å²) in [7, 11) is 0. The Morgan fingerprint density at radius 2 is 1.70 bits per heavy atom. The third-order valence-corrected chi connectivity index (χ3v) is 4.50. The molecule has 0 spiro atoms. The van der Waals surface area contributed by atoms with Crippen LogP contribution < -0.4 is 5.32 Å². The number of carbonyl (C=O) groups is 1. The lowest BCUT2D eigenvalue weighted by molar-refractivity contribution is 0.102. The summed E-state index contributed by atoms with van der Waals surface area (Å²) in [6.07, 6.45) is 3.13. The maximum absolute atomic E-state index is 12.8. The highest BCUT2D eigenvalue weighted by atomic mass is 35.5. The van der Waals surface area contributed by atoms with E-state index < -0.39 is 5.91 Å². The van der Waals surface area contributed by atoms with Crippen molar-refractivity contribution in [1.29, 1.82) is 0 Å². The minimum Gasteiger partial charge on any atom is -0.360 e. The number of nitrogens with zero attached hydrogens (tertiary/aromatic N) is 3. The van der Waals surface area contributed by atoms with Crippen LogP contribution in [0.4, 0.5) is 5.69 Å². The van der Waals surface area contributed by atoms with Crippen molar-refractivity contribution in [2.75, 3.05) is 5.32 Å². The Balaban J connectivity index is 1.94. The molecule has 0 atom stereocenters. The molecule has 6 nitrogen and oxygen atoms in total. The molecule has 8 heteroatoms. The fourth-order valence-electron chi connectivity index (χ4n) is 2.51. The molecule has 0 unspecified atom stereocenters. The van der Waals surface area contributed by atoms with E-state index in [-0.39, 0.29) is 16.7 Å². The predicted octanol–water partition coefficient (Wildman–Crippen LogP) is 5.30. The van der Waals surface area contributed by atoms with Crippen LogP contribution in [0.15, 0.2) is 35.1 Å². The maximum atomic E-state index is 12.8. The molecule has 0 aliphatic rings. The van der Waals surface area contributed by atoms with Crippen molar-refractivity contribution in [3.8, 4) is 11.3 Å². The minimum absolute atomic E-state index is 0.179. The summed E-state index contributed by atoms with van der Waals surface area (Å²) >= 11 is 12.5. The fraction of sp³-hybridized carbons (Fsp3) is 0.263. The zero-order valence-corrected chi connectivity index (χ0v) is 16.8. The van der Waals surface area contributed by atoms with Gasteiger partial charge < -0.3 is 9.84 Å². The normalized spacial score (nSPS) is 11.5. The van der Waals surface area contributed by atoms with Crippen LogP contribution in [0.1, 0.15) is 42.7 Å². The van der Waals surface area contributed by atoms with Crippen LogP contribution in [0.5, 0.6) is 0 Å². The van der Waals surface area contributed by atoms with Crippen molar-refractivity contribution in [2.45, 2.75) is 33.1 Å². The highest BCUT2D eigenvalue weighted by Gasteiger charge is 2.25. The second kappa shape index (κ2) is 7.29. The summed E-state index contributed by atoms with van der Waals surface area (Å²) in [5.41, 5.74) is 1.27. The number of hydrogen-bond donors (Lipinski definition) is 1. The smallest absolute Gasteiger partial charge is 0.261 e. The largest absolute Gasteiger partial charge is 0.360 e. The van der Waals surface area contributed by atoms with Gasteiger partial charge in [-0.05, 0) is 19.1 Å². The van der Waals surface area contributed by atoms with Gasteiger partial charge in [0.15, 0.2) is 0 Å². The Hall–Kier alpha value is -2.44. The van der Waals surface area contributed by atoms with Gasteiger partial charge in [0.05, 0.1) is 28.1 Å². The topological polar surface area (TPSA) is 80.9 Å². The molecule has 0 fully saturated rings. The molecular weight excluding hydrogens is 387 g/mol. The molecule has 3 rings (SSSR count). The fourth-order valence-corrected chi connectivity index (χ4v) is 3.08. The first-order valence-corrected chi connectivity index (χ1v) is 8.98. The van der Waals surface area contributed by atoms with E-state index in [0.717, 1.165) is 0 Å². The Morgan fingerprint density at radius 1 is 1.11 bits per heavy atom. The van der Waals surface area contributed by atoms with E-state index in [9.17, 15) is 4.79 Å². The monoisotopic (exact) mass is 404 g/mol. The van der Waals surface area contributed by atoms with E-state index in [1.807, 2.05) is 20.8 Å². The second-order valence-electron chi connectivity index (χ2n) is 7.06. The van der Waals surface area contributed by atoms with Gasteiger partial charge in [-0.2, -0.15) is 0 Å². The summed E-state index contributed by atoms with van der Waals surface area (Å²) in [5, 5.41) is 7.50. The molecule has 2 heterocycles. The third kappa shape index (κ3) is 3.96. The van der Waals surface area contributed by atoms with Gasteiger partial charge in [-0.3, -0.25) is 4.79 Å². The lowest BCUT2D eigenvalue weighted by atomic mass is 9.96. The quantitative estimate of drug-likeness (QED) is 0.640. The van der Waals surface area contributed by atoms with Gasteiger partial charge in [-0.15, -0.1) is 0 Å². The minimum atomic E-state index is -0.410. The first kappa shape index (κ1) is 19.3. The number of amides is 1. The summed E-state index contributed by atoms with van der Waals surface area (Å²) in [6.45, 7) is 7.69. The lowest BCUT2D eigenvalue weighted by Gasteiger charge is -2.16. The molecule has 27 heavy (non-hydrogen) atoms. The SMILES string of the molecule is Cc1onc(-c2c(Cl)cccc2Cl)c1C(=O)Nc1cnc(C(C)(C)C)nc1. The van der Waals surface area contributed by atoms with Gasteiger partial charge in [-0.1, -0.05) is 55.2 Å². The molecule has 0 saturated carbocycles. The van der Waals surface area contributed by atoms with E-state index in [1.165, 1.54) is 0 Å². The molecule has 0 aliphatic carbocycles. The van der Waals surface area contributed by atoms with E-state index in [2.05, 4.69) is 20.4 Å². The molecule has 0 saturated heterocycles. The maximum Gasteiger partial charge on any atom is 0.261 e. The van der Waals surface area contributed by atoms with Gasteiger partial charge in [0.2, 0.25) is 0 Å². The number of anilines is 1. The van der Waals surface area contributed by atoms with Gasteiger partial charge in [0, 0.05) is 11.0 Å². The van der Waals surface area contributed by atoms with Crippen molar-refractivity contribution < 1.29 is 9.32 Å². The molecule has 0 radical (unpaired) electrons. The highest BCUT2D eigenvalue weighted by molar-refractivity contribution is 6.39. The van der Waals surface area contributed by atoms with Crippen LogP contribution in [0, 0.1) is 6.92 Å². The Kier molecular flexibility index (Phi) is 5.22. The van der Waals surface area contributed by atoms with E-state index in [4.69, 9.17) is 27.7 Å². The van der Waals surface area contributed by atoms with Crippen LogP contribution in [0.3, 0.4) is 0 Å². The average Bonchev–Trinajstić information content (AvgIpc) is 2.96.